The summed E-state index contributed by atoms with van der Waals surface area (Å²) < 4.78 is 8.59. The number of rotatable bonds is 4. The van der Waals surface area contributed by atoms with E-state index in [0.717, 1.165) is 16.6 Å². The smallest absolute Gasteiger partial charge is 0.246 e. The van der Waals surface area contributed by atoms with E-state index in [0.29, 0.717) is 18.8 Å². The zero-order valence-corrected chi connectivity index (χ0v) is 14.3. The van der Waals surface area contributed by atoms with Crippen molar-refractivity contribution in [2.75, 3.05) is 13.1 Å². The molecule has 0 bridgehead atoms. The molecule has 1 amide bonds. The van der Waals surface area contributed by atoms with E-state index in [1.165, 1.54) is 0 Å². The van der Waals surface area contributed by atoms with E-state index in [-0.39, 0.29) is 12.0 Å². The van der Waals surface area contributed by atoms with Crippen LogP contribution in [-0.4, -0.2) is 44.5 Å². The Morgan fingerprint density at radius 3 is 3.09 bits per heavy atom. The highest BCUT2D eigenvalue weighted by Gasteiger charge is 2.26. The quantitative estimate of drug-likeness (QED) is 0.767. The molecule has 6 nitrogen and oxygen atoms in total. The molecule has 2 aromatic heterocycles. The van der Waals surface area contributed by atoms with E-state index in [9.17, 15) is 4.79 Å². The number of pyridine rings is 1. The number of nitrogens with zero attached hydrogens (tertiary/aromatic N) is 4. The molecule has 3 rings (SSSR count). The standard InChI is InChI=1S/C16H17BrN4O2/c1-20-9-13(19-11-20)2-3-16(22)21-5-4-14(10-21)23-15-6-12(17)7-18-8-15/h2-3,6-9,11,14H,4-5,10H2,1H3/b3-2+. The predicted molar refractivity (Wildman–Crippen MR) is 89.8 cm³/mol. The van der Waals surface area contributed by atoms with Gasteiger partial charge in [0, 0.05) is 43.0 Å². The molecular formula is C16H17BrN4O2. The van der Waals surface area contributed by atoms with Gasteiger partial charge in [-0.1, -0.05) is 0 Å². The molecule has 23 heavy (non-hydrogen) atoms. The highest BCUT2D eigenvalue weighted by molar-refractivity contribution is 9.10. The third-order valence-electron chi connectivity index (χ3n) is 3.56. The van der Waals surface area contributed by atoms with Gasteiger partial charge in [0.15, 0.2) is 0 Å². The first-order chi connectivity index (χ1) is 11.1. The Labute approximate surface area is 142 Å². The summed E-state index contributed by atoms with van der Waals surface area (Å²) in [6.45, 7) is 1.27. The number of halogens is 1. The molecule has 0 aliphatic carbocycles. The fraction of sp³-hybridized carbons (Fsp3) is 0.312. The molecule has 0 saturated carbocycles. The Morgan fingerprint density at radius 1 is 1.48 bits per heavy atom. The highest BCUT2D eigenvalue weighted by Crippen LogP contribution is 2.21. The van der Waals surface area contributed by atoms with Crippen molar-refractivity contribution in [2.24, 2.45) is 7.05 Å². The maximum atomic E-state index is 12.2. The van der Waals surface area contributed by atoms with Gasteiger partial charge in [0.05, 0.1) is 24.8 Å². The van der Waals surface area contributed by atoms with E-state index < -0.39 is 0 Å². The summed E-state index contributed by atoms with van der Waals surface area (Å²) in [6.07, 6.45) is 11.1. The van der Waals surface area contributed by atoms with Crippen molar-refractivity contribution in [3.8, 4) is 5.75 Å². The minimum atomic E-state index is -0.0193. The summed E-state index contributed by atoms with van der Waals surface area (Å²) >= 11 is 3.37. The van der Waals surface area contributed by atoms with Crippen molar-refractivity contribution >= 4 is 27.9 Å². The Hall–Kier alpha value is -2.15. The molecule has 0 N–H and O–H groups in total. The van der Waals surface area contributed by atoms with Crippen LogP contribution >= 0.6 is 15.9 Å². The molecule has 7 heteroatoms. The lowest BCUT2D eigenvalue weighted by Gasteiger charge is -2.15. The van der Waals surface area contributed by atoms with Gasteiger partial charge < -0.3 is 14.2 Å². The van der Waals surface area contributed by atoms with Crippen molar-refractivity contribution in [3.63, 3.8) is 0 Å². The molecule has 2 aromatic rings. The monoisotopic (exact) mass is 376 g/mol. The predicted octanol–water partition coefficient (Wildman–Crippen LogP) is 2.27. The van der Waals surface area contributed by atoms with E-state index in [2.05, 4.69) is 25.9 Å². The van der Waals surface area contributed by atoms with Crippen molar-refractivity contribution in [2.45, 2.75) is 12.5 Å². The average Bonchev–Trinajstić information content (AvgIpc) is 3.14. The zero-order chi connectivity index (χ0) is 16.2. The van der Waals surface area contributed by atoms with Crippen LogP contribution in [0.15, 0.2) is 41.5 Å². The topological polar surface area (TPSA) is 60.2 Å². The normalized spacial score (nSPS) is 17.8. The van der Waals surface area contributed by atoms with Crippen molar-refractivity contribution in [1.82, 2.24) is 19.4 Å². The highest BCUT2D eigenvalue weighted by atomic mass is 79.9. The first kappa shape index (κ1) is 15.7. The van der Waals surface area contributed by atoms with Crippen LogP contribution in [0.3, 0.4) is 0 Å². The van der Waals surface area contributed by atoms with Gasteiger partial charge in [-0.3, -0.25) is 9.78 Å². The maximum absolute atomic E-state index is 12.2. The number of hydrogen-bond donors (Lipinski definition) is 0. The summed E-state index contributed by atoms with van der Waals surface area (Å²) in [5, 5.41) is 0. The minimum Gasteiger partial charge on any atom is -0.487 e. The fourth-order valence-corrected chi connectivity index (χ4v) is 2.80. The number of ether oxygens (including phenoxy) is 1. The van der Waals surface area contributed by atoms with Crippen LogP contribution < -0.4 is 4.74 Å². The second-order valence-corrected chi connectivity index (χ2v) is 6.36. The molecule has 1 unspecified atom stereocenters. The van der Waals surface area contributed by atoms with Gasteiger partial charge in [0.1, 0.15) is 11.9 Å². The second-order valence-electron chi connectivity index (χ2n) is 5.45. The van der Waals surface area contributed by atoms with E-state index >= 15 is 0 Å². The molecular weight excluding hydrogens is 360 g/mol. The fourth-order valence-electron chi connectivity index (χ4n) is 2.46. The van der Waals surface area contributed by atoms with Crippen LogP contribution in [-0.2, 0) is 11.8 Å². The van der Waals surface area contributed by atoms with Crippen LogP contribution in [0.5, 0.6) is 5.75 Å². The summed E-state index contributed by atoms with van der Waals surface area (Å²) in [5.74, 6) is 0.692. The number of imidazole rings is 1. The number of aryl methyl sites for hydroxylation is 1. The molecule has 1 fully saturated rings. The van der Waals surface area contributed by atoms with Gasteiger partial charge in [-0.05, 0) is 28.1 Å². The van der Waals surface area contributed by atoms with Gasteiger partial charge in [-0.15, -0.1) is 0 Å². The summed E-state index contributed by atoms with van der Waals surface area (Å²) in [4.78, 5) is 22.2. The number of aromatic nitrogens is 3. The SMILES string of the molecule is Cn1cnc(/C=C/C(=O)N2CCC(Oc3cncc(Br)c3)C2)c1. The van der Waals surface area contributed by atoms with Gasteiger partial charge in [0.2, 0.25) is 5.91 Å². The van der Waals surface area contributed by atoms with Crippen molar-refractivity contribution < 1.29 is 9.53 Å². The molecule has 0 spiro atoms. The van der Waals surface area contributed by atoms with Crippen LogP contribution in [0.2, 0.25) is 0 Å². The van der Waals surface area contributed by atoms with E-state index in [1.807, 2.05) is 23.9 Å². The third kappa shape index (κ3) is 4.19. The molecule has 3 heterocycles. The van der Waals surface area contributed by atoms with Crippen LogP contribution in [0.4, 0.5) is 0 Å². The number of hydrogen-bond acceptors (Lipinski definition) is 4. The lowest BCUT2D eigenvalue weighted by Crippen LogP contribution is -2.29. The Morgan fingerprint density at radius 2 is 2.35 bits per heavy atom. The van der Waals surface area contributed by atoms with Crippen LogP contribution in [0, 0.1) is 0 Å². The molecule has 1 saturated heterocycles. The zero-order valence-electron chi connectivity index (χ0n) is 12.7. The molecule has 120 valence electrons. The Kier molecular flexibility index (Phi) is 4.76. The third-order valence-corrected chi connectivity index (χ3v) is 3.99. The summed E-state index contributed by atoms with van der Waals surface area (Å²) in [6, 6.07) is 1.87. The molecule has 1 aliphatic rings. The Bertz CT molecular complexity index is 728. The maximum Gasteiger partial charge on any atom is 0.246 e. The van der Waals surface area contributed by atoms with Crippen molar-refractivity contribution in [3.05, 3.63) is 47.2 Å². The van der Waals surface area contributed by atoms with E-state index in [4.69, 9.17) is 4.74 Å². The molecule has 1 atom stereocenters. The largest absolute Gasteiger partial charge is 0.487 e. The lowest BCUT2D eigenvalue weighted by atomic mass is 10.3. The lowest BCUT2D eigenvalue weighted by molar-refractivity contribution is -0.125. The first-order valence-electron chi connectivity index (χ1n) is 7.32. The molecule has 1 aliphatic heterocycles. The summed E-state index contributed by atoms with van der Waals surface area (Å²) in [5.41, 5.74) is 0.771. The van der Waals surface area contributed by atoms with Crippen molar-refractivity contribution in [1.29, 1.82) is 0 Å². The Balaban J connectivity index is 1.54. The molecule has 0 aromatic carbocycles. The second kappa shape index (κ2) is 6.95. The van der Waals surface area contributed by atoms with Gasteiger partial charge in [-0.2, -0.15) is 0 Å². The number of amides is 1. The summed E-state index contributed by atoms with van der Waals surface area (Å²) in [7, 11) is 1.89. The van der Waals surface area contributed by atoms with Gasteiger partial charge in [0.25, 0.3) is 0 Å². The first-order valence-corrected chi connectivity index (χ1v) is 8.11. The van der Waals surface area contributed by atoms with Gasteiger partial charge >= 0.3 is 0 Å². The van der Waals surface area contributed by atoms with E-state index in [1.54, 1.807) is 35.8 Å². The van der Waals surface area contributed by atoms with Crippen LogP contribution in [0.25, 0.3) is 6.08 Å². The minimum absolute atomic E-state index is 0.00157. The number of likely N-dealkylation sites (tertiary alicyclic amines) is 1. The average molecular weight is 377 g/mol. The number of carbonyl (C=O) groups excluding carboxylic acids is 1. The van der Waals surface area contributed by atoms with Gasteiger partial charge in [-0.25, -0.2) is 4.98 Å². The number of carbonyl (C=O) groups is 1. The van der Waals surface area contributed by atoms with Crippen LogP contribution in [0.1, 0.15) is 12.1 Å². The molecule has 0 radical (unpaired) electrons.